The fourth-order valence-corrected chi connectivity index (χ4v) is 3.03. The van der Waals surface area contributed by atoms with Crippen LogP contribution in [0, 0.1) is 0 Å². The molecule has 2 N–H and O–H groups in total. The number of rotatable bonds is 6. The fraction of sp³-hybridized carbons (Fsp3) is 0.250. The minimum atomic E-state index is -4.55. The van der Waals surface area contributed by atoms with E-state index in [1.807, 2.05) is 6.92 Å². The van der Waals surface area contributed by atoms with Crippen LogP contribution in [0.3, 0.4) is 0 Å². The van der Waals surface area contributed by atoms with Crippen LogP contribution < -0.4 is 4.74 Å². The van der Waals surface area contributed by atoms with E-state index < -0.39 is 15.0 Å². The molecule has 0 aliphatic rings. The standard InChI is InChI=1S/C16H17N3O5S.Na.H/c1-2-3-8-24-15-10-14(20)13(9-16(15)25(21,22)23)19-12-7-5-4-6-11(12)17-18-19;;/h4-7,9-10,20H,2-3,8H2,1H3,(H,21,22,23);;. The number of hydrogen-bond donors (Lipinski definition) is 2. The van der Waals surface area contributed by atoms with Crippen LogP contribution in [0.5, 0.6) is 11.5 Å². The molecule has 0 radical (unpaired) electrons. The van der Waals surface area contributed by atoms with E-state index in [1.165, 1.54) is 4.68 Å². The number of fused-ring (bicyclic) bond motifs is 1. The van der Waals surface area contributed by atoms with Gasteiger partial charge in [-0.15, -0.1) is 5.10 Å². The molecule has 1 aromatic heterocycles. The summed E-state index contributed by atoms with van der Waals surface area (Å²) in [4.78, 5) is -0.434. The van der Waals surface area contributed by atoms with Crippen LogP contribution in [0.15, 0.2) is 41.3 Å². The summed E-state index contributed by atoms with van der Waals surface area (Å²) in [5.74, 6) is -0.351. The van der Waals surface area contributed by atoms with E-state index in [1.54, 1.807) is 24.3 Å². The van der Waals surface area contributed by atoms with Crippen molar-refractivity contribution in [3.8, 4) is 17.2 Å². The number of phenols is 1. The first-order chi connectivity index (χ1) is 11.9. The summed E-state index contributed by atoms with van der Waals surface area (Å²) >= 11 is 0. The normalized spacial score (nSPS) is 11.3. The number of ether oxygens (including phenoxy) is 1. The van der Waals surface area contributed by atoms with Gasteiger partial charge in [-0.05, 0) is 24.6 Å². The molecule has 3 rings (SSSR count). The maximum absolute atomic E-state index is 11.7. The van der Waals surface area contributed by atoms with Gasteiger partial charge in [0, 0.05) is 6.07 Å². The Bertz CT molecular complexity index is 1020. The Morgan fingerprint density at radius 3 is 2.65 bits per heavy atom. The third kappa shape index (κ3) is 4.18. The number of phenolic OH excluding ortho intramolecular Hbond substituents is 1. The summed E-state index contributed by atoms with van der Waals surface area (Å²) in [6.07, 6.45) is 1.57. The summed E-state index contributed by atoms with van der Waals surface area (Å²) in [6, 6.07) is 9.30. The first kappa shape index (κ1) is 20.7. The van der Waals surface area contributed by atoms with E-state index >= 15 is 0 Å². The summed E-state index contributed by atoms with van der Waals surface area (Å²) in [7, 11) is -4.55. The molecular formula is C16H18N3NaO5S. The van der Waals surface area contributed by atoms with Crippen LogP contribution in [-0.2, 0) is 10.1 Å². The predicted molar refractivity (Wildman–Crippen MR) is 97.9 cm³/mol. The van der Waals surface area contributed by atoms with E-state index in [9.17, 15) is 18.1 Å². The molecule has 0 aliphatic heterocycles. The second kappa shape index (κ2) is 8.36. The number of para-hydroxylation sites is 1. The van der Waals surface area contributed by atoms with Crippen LogP contribution in [-0.4, -0.2) is 69.2 Å². The Labute approximate surface area is 172 Å². The molecule has 10 heteroatoms. The predicted octanol–water partition coefficient (Wildman–Crippen LogP) is 1.90. The Morgan fingerprint density at radius 1 is 1.23 bits per heavy atom. The van der Waals surface area contributed by atoms with Gasteiger partial charge in [0.2, 0.25) is 0 Å². The van der Waals surface area contributed by atoms with Crippen molar-refractivity contribution in [2.24, 2.45) is 0 Å². The Kier molecular flexibility index (Phi) is 6.64. The topological polar surface area (TPSA) is 115 Å². The second-order valence-corrected chi connectivity index (χ2v) is 6.84. The van der Waals surface area contributed by atoms with Crippen molar-refractivity contribution in [3.63, 3.8) is 0 Å². The van der Waals surface area contributed by atoms with Gasteiger partial charge in [-0.2, -0.15) is 8.42 Å². The molecule has 0 fully saturated rings. The van der Waals surface area contributed by atoms with Crippen molar-refractivity contribution in [1.82, 2.24) is 15.0 Å². The van der Waals surface area contributed by atoms with Crippen LogP contribution in [0.25, 0.3) is 16.7 Å². The van der Waals surface area contributed by atoms with Crippen LogP contribution >= 0.6 is 0 Å². The second-order valence-electron chi connectivity index (χ2n) is 5.45. The van der Waals surface area contributed by atoms with Crippen molar-refractivity contribution < 1.29 is 22.8 Å². The van der Waals surface area contributed by atoms with Crippen molar-refractivity contribution in [3.05, 3.63) is 36.4 Å². The van der Waals surface area contributed by atoms with Gasteiger partial charge in [0.1, 0.15) is 27.6 Å². The Balaban J connectivity index is 0.00000243. The molecule has 0 aliphatic carbocycles. The molecule has 0 atom stereocenters. The van der Waals surface area contributed by atoms with E-state index in [2.05, 4.69) is 10.3 Å². The zero-order valence-electron chi connectivity index (χ0n) is 13.5. The van der Waals surface area contributed by atoms with E-state index in [0.717, 1.165) is 18.6 Å². The van der Waals surface area contributed by atoms with Crippen LogP contribution in [0.2, 0.25) is 0 Å². The average molecular weight is 387 g/mol. The average Bonchev–Trinajstić information content (AvgIpc) is 2.98. The number of aromatic hydroxyl groups is 1. The molecule has 0 unspecified atom stereocenters. The fourth-order valence-electron chi connectivity index (χ4n) is 2.40. The Morgan fingerprint density at radius 2 is 1.96 bits per heavy atom. The summed E-state index contributed by atoms with van der Waals surface area (Å²) in [6.45, 7) is 2.23. The van der Waals surface area contributed by atoms with Crippen molar-refractivity contribution in [2.45, 2.75) is 24.7 Å². The SMILES string of the molecule is CCCCOc1cc(O)c(-n2nnc3ccccc32)cc1S(=O)(=O)O.[NaH]. The van der Waals surface area contributed by atoms with Crippen LogP contribution in [0.4, 0.5) is 0 Å². The van der Waals surface area contributed by atoms with E-state index in [4.69, 9.17) is 4.74 Å². The van der Waals surface area contributed by atoms with Gasteiger partial charge in [0.25, 0.3) is 10.1 Å². The molecule has 134 valence electrons. The molecule has 0 saturated heterocycles. The van der Waals surface area contributed by atoms with Gasteiger partial charge in [-0.1, -0.05) is 30.7 Å². The van der Waals surface area contributed by atoms with E-state index in [0.29, 0.717) is 17.5 Å². The van der Waals surface area contributed by atoms with Gasteiger partial charge in [0.05, 0.1) is 12.1 Å². The first-order valence-electron chi connectivity index (χ1n) is 7.70. The third-order valence-electron chi connectivity index (χ3n) is 3.65. The first-order valence-corrected chi connectivity index (χ1v) is 9.14. The molecule has 0 amide bonds. The van der Waals surface area contributed by atoms with Crippen molar-refractivity contribution in [1.29, 1.82) is 0 Å². The molecule has 26 heavy (non-hydrogen) atoms. The molecule has 0 spiro atoms. The van der Waals surface area contributed by atoms with E-state index in [-0.39, 0.29) is 53.4 Å². The molecular weight excluding hydrogens is 369 g/mol. The zero-order chi connectivity index (χ0) is 18.0. The molecule has 8 nitrogen and oxygen atoms in total. The molecule has 1 heterocycles. The maximum atomic E-state index is 11.7. The number of aromatic nitrogens is 3. The molecule has 2 aromatic carbocycles. The number of hydrogen-bond acceptors (Lipinski definition) is 6. The van der Waals surface area contributed by atoms with Crippen molar-refractivity contribution in [2.75, 3.05) is 6.61 Å². The van der Waals surface area contributed by atoms with Gasteiger partial charge in [0.15, 0.2) is 0 Å². The summed E-state index contributed by atoms with van der Waals surface area (Å²) in [5, 5.41) is 18.2. The van der Waals surface area contributed by atoms with Crippen LogP contribution in [0.1, 0.15) is 19.8 Å². The Hall–Kier alpha value is -1.65. The molecule has 0 saturated carbocycles. The number of unbranched alkanes of at least 4 members (excludes halogenated alkanes) is 1. The third-order valence-corrected chi connectivity index (χ3v) is 4.53. The summed E-state index contributed by atoms with van der Waals surface area (Å²) < 4.78 is 39.7. The quantitative estimate of drug-likeness (QED) is 0.377. The minimum absolute atomic E-state index is 0. The monoisotopic (exact) mass is 387 g/mol. The van der Waals surface area contributed by atoms with Gasteiger partial charge < -0.3 is 9.84 Å². The van der Waals surface area contributed by atoms with Gasteiger partial charge >= 0.3 is 29.6 Å². The summed E-state index contributed by atoms with van der Waals surface area (Å²) in [5.41, 5.74) is 1.24. The molecule has 3 aromatic rings. The zero-order valence-corrected chi connectivity index (χ0v) is 14.3. The van der Waals surface area contributed by atoms with Gasteiger partial charge in [-0.25, -0.2) is 4.68 Å². The van der Waals surface area contributed by atoms with Crippen molar-refractivity contribution >= 4 is 50.7 Å². The number of benzene rings is 2. The van der Waals surface area contributed by atoms with Gasteiger partial charge in [-0.3, -0.25) is 4.55 Å². The number of nitrogens with zero attached hydrogens (tertiary/aromatic N) is 3. The molecule has 0 bridgehead atoms.